The molecule has 0 radical (unpaired) electrons. The molecule has 0 saturated heterocycles. The van der Waals surface area contributed by atoms with Gasteiger partial charge in [0, 0.05) is 11.8 Å². The number of hydrogen-bond acceptors (Lipinski definition) is 3. The predicted molar refractivity (Wildman–Crippen MR) is 91.4 cm³/mol. The van der Waals surface area contributed by atoms with Crippen molar-refractivity contribution in [2.75, 3.05) is 25.6 Å². The molecule has 0 unspecified atom stereocenters. The molecule has 0 aromatic heterocycles. The molecule has 0 aliphatic heterocycles. The fourth-order valence-corrected chi connectivity index (χ4v) is 2.16. The van der Waals surface area contributed by atoms with E-state index in [4.69, 9.17) is 9.47 Å². The first-order valence-electron chi connectivity index (χ1n) is 7.47. The zero-order valence-electron chi connectivity index (χ0n) is 13.7. The third-order valence-corrected chi connectivity index (χ3v) is 3.30. The van der Waals surface area contributed by atoms with Crippen LogP contribution in [-0.4, -0.2) is 26.3 Å². The fraction of sp³-hybridized carbons (Fsp3) is 0.278. The van der Waals surface area contributed by atoms with Crippen LogP contribution >= 0.6 is 0 Å². The zero-order valence-corrected chi connectivity index (χ0v) is 13.7. The van der Waals surface area contributed by atoms with Crippen molar-refractivity contribution in [2.45, 2.75) is 13.8 Å². The van der Waals surface area contributed by atoms with Crippen molar-refractivity contribution in [1.29, 1.82) is 0 Å². The highest BCUT2D eigenvalue weighted by atomic mass is 16.5. The first-order chi connectivity index (χ1) is 11.1. The lowest BCUT2D eigenvalue weighted by atomic mass is 10.1. The minimum Gasteiger partial charge on any atom is -0.497 e. The van der Waals surface area contributed by atoms with E-state index in [0.29, 0.717) is 24.6 Å². The van der Waals surface area contributed by atoms with E-state index in [2.05, 4.69) is 16.7 Å². The van der Waals surface area contributed by atoms with Gasteiger partial charge in [0.1, 0.15) is 18.1 Å². The van der Waals surface area contributed by atoms with E-state index < -0.39 is 0 Å². The summed E-state index contributed by atoms with van der Waals surface area (Å²) in [4.78, 5) is 11.8. The Hall–Kier alpha value is -2.69. The molecule has 5 heteroatoms. The molecule has 2 N–H and O–H groups in total. The molecule has 0 bridgehead atoms. The molecular weight excluding hydrogens is 292 g/mol. The summed E-state index contributed by atoms with van der Waals surface area (Å²) >= 11 is 0. The van der Waals surface area contributed by atoms with Gasteiger partial charge in [0.25, 0.3) is 0 Å². The minimum absolute atomic E-state index is 0.275. The number of aryl methyl sites for hydroxylation is 2. The summed E-state index contributed by atoms with van der Waals surface area (Å²) in [6.45, 7) is 4.88. The van der Waals surface area contributed by atoms with Gasteiger partial charge in [-0.2, -0.15) is 0 Å². The molecule has 0 fully saturated rings. The van der Waals surface area contributed by atoms with Crippen LogP contribution in [0.15, 0.2) is 42.5 Å². The Balaban J connectivity index is 1.74. The number of carbonyl (C=O) groups excluding carboxylic acids is 1. The normalized spacial score (nSPS) is 10.0. The number of carbonyl (C=O) groups is 1. The van der Waals surface area contributed by atoms with E-state index in [1.165, 1.54) is 5.56 Å². The van der Waals surface area contributed by atoms with Gasteiger partial charge < -0.3 is 20.1 Å². The second kappa shape index (κ2) is 8.08. The summed E-state index contributed by atoms with van der Waals surface area (Å²) in [5, 5.41) is 5.50. The number of urea groups is 1. The predicted octanol–water partition coefficient (Wildman–Crippen LogP) is 3.51. The lowest BCUT2D eigenvalue weighted by Gasteiger charge is -2.11. The largest absolute Gasteiger partial charge is 0.497 e. The fourth-order valence-electron chi connectivity index (χ4n) is 2.16. The van der Waals surface area contributed by atoms with E-state index in [1.807, 2.05) is 38.1 Å². The maximum absolute atomic E-state index is 11.8. The number of rotatable bonds is 6. The highest BCUT2D eigenvalue weighted by Crippen LogP contribution is 2.18. The van der Waals surface area contributed by atoms with Crippen LogP contribution in [0.5, 0.6) is 11.5 Å². The molecule has 23 heavy (non-hydrogen) atoms. The van der Waals surface area contributed by atoms with Gasteiger partial charge in [0.15, 0.2) is 0 Å². The second-order valence-electron chi connectivity index (χ2n) is 5.23. The topological polar surface area (TPSA) is 59.6 Å². The van der Waals surface area contributed by atoms with Gasteiger partial charge in [0.05, 0.1) is 13.7 Å². The van der Waals surface area contributed by atoms with Crippen LogP contribution < -0.4 is 20.1 Å². The summed E-state index contributed by atoms with van der Waals surface area (Å²) in [5.41, 5.74) is 2.97. The van der Waals surface area contributed by atoms with E-state index in [-0.39, 0.29) is 6.03 Å². The van der Waals surface area contributed by atoms with Gasteiger partial charge in [-0.25, -0.2) is 4.79 Å². The monoisotopic (exact) mass is 314 g/mol. The van der Waals surface area contributed by atoms with Crippen molar-refractivity contribution in [2.24, 2.45) is 0 Å². The second-order valence-corrected chi connectivity index (χ2v) is 5.23. The highest BCUT2D eigenvalue weighted by molar-refractivity contribution is 5.89. The molecule has 5 nitrogen and oxygen atoms in total. The van der Waals surface area contributed by atoms with Gasteiger partial charge in [-0.15, -0.1) is 0 Å². The number of nitrogens with one attached hydrogen (secondary N) is 2. The Morgan fingerprint density at radius 2 is 1.96 bits per heavy atom. The Bertz CT molecular complexity index is 671. The number of hydrogen-bond donors (Lipinski definition) is 2. The molecule has 0 atom stereocenters. The number of anilines is 1. The average Bonchev–Trinajstić information content (AvgIpc) is 2.53. The Morgan fingerprint density at radius 3 is 2.70 bits per heavy atom. The van der Waals surface area contributed by atoms with Crippen LogP contribution in [0.4, 0.5) is 10.5 Å². The van der Waals surface area contributed by atoms with Crippen molar-refractivity contribution in [1.82, 2.24) is 5.32 Å². The maximum Gasteiger partial charge on any atom is 0.319 e. The standard InChI is InChI=1S/C18H22N2O3/c1-13-7-8-17(14(2)11-13)23-10-9-19-18(21)20-15-5-4-6-16(12-15)22-3/h4-8,11-12H,9-10H2,1-3H3,(H2,19,20,21). The van der Waals surface area contributed by atoms with Crippen molar-refractivity contribution in [3.8, 4) is 11.5 Å². The lowest BCUT2D eigenvalue weighted by Crippen LogP contribution is -2.32. The summed E-state index contributed by atoms with van der Waals surface area (Å²) < 4.78 is 10.8. The first kappa shape index (κ1) is 16.7. The SMILES string of the molecule is COc1cccc(NC(=O)NCCOc2ccc(C)cc2C)c1. The van der Waals surface area contributed by atoms with E-state index >= 15 is 0 Å². The summed E-state index contributed by atoms with van der Waals surface area (Å²) in [6, 6.07) is 12.9. The maximum atomic E-state index is 11.8. The summed E-state index contributed by atoms with van der Waals surface area (Å²) in [6.07, 6.45) is 0. The molecular formula is C18H22N2O3. The third-order valence-electron chi connectivity index (χ3n) is 3.30. The van der Waals surface area contributed by atoms with Gasteiger partial charge in [-0.1, -0.05) is 23.8 Å². The van der Waals surface area contributed by atoms with Gasteiger partial charge in [-0.05, 0) is 37.6 Å². The van der Waals surface area contributed by atoms with Gasteiger partial charge in [0.2, 0.25) is 0 Å². The minimum atomic E-state index is -0.275. The Labute approximate surface area is 136 Å². The summed E-state index contributed by atoms with van der Waals surface area (Å²) in [5.74, 6) is 1.53. The smallest absolute Gasteiger partial charge is 0.319 e. The molecule has 0 spiro atoms. The molecule has 0 heterocycles. The van der Waals surface area contributed by atoms with Crippen LogP contribution in [0.1, 0.15) is 11.1 Å². The van der Waals surface area contributed by atoms with E-state index in [0.717, 1.165) is 11.3 Å². The van der Waals surface area contributed by atoms with Crippen molar-refractivity contribution in [3.63, 3.8) is 0 Å². The van der Waals surface area contributed by atoms with Crippen LogP contribution in [0.2, 0.25) is 0 Å². The molecule has 2 amide bonds. The molecule has 2 aromatic carbocycles. The van der Waals surface area contributed by atoms with E-state index in [9.17, 15) is 4.79 Å². The van der Waals surface area contributed by atoms with Gasteiger partial charge >= 0.3 is 6.03 Å². The summed E-state index contributed by atoms with van der Waals surface area (Å²) in [7, 11) is 1.59. The van der Waals surface area contributed by atoms with Crippen LogP contribution in [0.3, 0.4) is 0 Å². The van der Waals surface area contributed by atoms with Crippen LogP contribution in [0.25, 0.3) is 0 Å². The van der Waals surface area contributed by atoms with Crippen molar-refractivity contribution in [3.05, 3.63) is 53.6 Å². The Morgan fingerprint density at radius 1 is 1.13 bits per heavy atom. The molecule has 122 valence electrons. The molecule has 0 saturated carbocycles. The van der Waals surface area contributed by atoms with Crippen molar-refractivity contribution >= 4 is 11.7 Å². The van der Waals surface area contributed by atoms with Gasteiger partial charge in [-0.3, -0.25) is 0 Å². The number of benzene rings is 2. The molecule has 0 aliphatic carbocycles. The van der Waals surface area contributed by atoms with Crippen molar-refractivity contribution < 1.29 is 14.3 Å². The van der Waals surface area contributed by atoms with Crippen LogP contribution in [-0.2, 0) is 0 Å². The first-order valence-corrected chi connectivity index (χ1v) is 7.47. The molecule has 2 aromatic rings. The number of methoxy groups -OCH3 is 1. The molecule has 0 aliphatic rings. The number of amides is 2. The number of ether oxygens (including phenoxy) is 2. The third kappa shape index (κ3) is 5.21. The molecule has 2 rings (SSSR count). The van der Waals surface area contributed by atoms with Crippen LogP contribution in [0, 0.1) is 13.8 Å². The zero-order chi connectivity index (χ0) is 16.7. The quantitative estimate of drug-likeness (QED) is 0.802. The highest BCUT2D eigenvalue weighted by Gasteiger charge is 2.03. The lowest BCUT2D eigenvalue weighted by molar-refractivity contribution is 0.247. The average molecular weight is 314 g/mol. The van der Waals surface area contributed by atoms with E-state index in [1.54, 1.807) is 19.2 Å². The Kier molecular flexibility index (Phi) is 5.86.